The summed E-state index contributed by atoms with van der Waals surface area (Å²) in [5, 5.41) is 0. The molecule has 0 aromatic heterocycles. The van der Waals surface area contributed by atoms with Gasteiger partial charge in [-0.2, -0.15) is 8.42 Å². The normalized spacial score (nSPS) is 12.6. The van der Waals surface area contributed by atoms with E-state index in [0.29, 0.717) is 5.75 Å². The minimum absolute atomic E-state index is 0.124. The number of rotatable bonds is 10. The second-order valence-corrected chi connectivity index (χ2v) is 16.0. The van der Waals surface area contributed by atoms with E-state index < -0.39 is 20.4 Å². The lowest BCUT2D eigenvalue weighted by Crippen LogP contribution is -2.22. The molecule has 42 heavy (non-hydrogen) atoms. The quantitative estimate of drug-likeness (QED) is 0.182. The number of benzene rings is 4. The van der Waals surface area contributed by atoms with E-state index >= 15 is 0 Å². The summed E-state index contributed by atoms with van der Waals surface area (Å²) in [4.78, 5) is 6.43. The van der Waals surface area contributed by atoms with Gasteiger partial charge in [-0.1, -0.05) is 19.1 Å². The highest BCUT2D eigenvalue weighted by molar-refractivity contribution is 8.33. The van der Waals surface area contributed by atoms with Crippen LogP contribution in [0, 0.1) is 0 Å². The van der Waals surface area contributed by atoms with E-state index in [4.69, 9.17) is 8.37 Å². The molecular formula is C34H42N2O4S2. The molecule has 6 nitrogen and oxygen atoms in total. The molecule has 4 rings (SSSR count). The zero-order valence-corrected chi connectivity index (χ0v) is 27.4. The third-order valence-electron chi connectivity index (χ3n) is 6.76. The van der Waals surface area contributed by atoms with Crippen molar-refractivity contribution in [1.82, 2.24) is 0 Å². The Morgan fingerprint density at radius 1 is 0.595 bits per heavy atom. The Morgan fingerprint density at radius 3 is 1.33 bits per heavy atom. The van der Waals surface area contributed by atoms with E-state index in [2.05, 4.69) is 0 Å². The van der Waals surface area contributed by atoms with Crippen LogP contribution in [0.15, 0.2) is 117 Å². The summed E-state index contributed by atoms with van der Waals surface area (Å²) >= 11 is 0. The van der Waals surface area contributed by atoms with Crippen LogP contribution in [0.4, 0.5) is 11.4 Å². The summed E-state index contributed by atoms with van der Waals surface area (Å²) in [6.45, 7) is 8.02. The van der Waals surface area contributed by atoms with Gasteiger partial charge in [-0.15, -0.1) is 0 Å². The molecule has 0 saturated heterocycles. The van der Waals surface area contributed by atoms with Crippen LogP contribution in [0.25, 0.3) is 0 Å². The predicted molar refractivity (Wildman–Crippen MR) is 175 cm³/mol. The molecule has 0 N–H and O–H groups in total. The molecule has 8 heteroatoms. The van der Waals surface area contributed by atoms with Crippen LogP contribution in [-0.2, 0) is 20.2 Å². The SMILES string of the molecule is CCc1ccc(S(=O)(=O)OS(c2ccc(OC(C)(C)C)cc2)(c2ccc(N(C)C)cc2)c2ccc(N(C)C)cc2)cc1. The van der Waals surface area contributed by atoms with Gasteiger partial charge in [-0.3, -0.25) is 0 Å². The number of nitrogens with zero attached hydrogens (tertiary/aromatic N) is 2. The maximum Gasteiger partial charge on any atom is 0.307 e. The first-order valence-corrected chi connectivity index (χ1v) is 16.9. The maximum atomic E-state index is 14.1. The topological polar surface area (TPSA) is 59.1 Å². The molecule has 0 unspecified atom stereocenters. The van der Waals surface area contributed by atoms with Crippen molar-refractivity contribution in [2.75, 3.05) is 38.0 Å². The van der Waals surface area contributed by atoms with Gasteiger partial charge in [-0.05, 0) is 128 Å². The first kappa shape index (κ1) is 31.5. The minimum atomic E-state index is -4.19. The van der Waals surface area contributed by atoms with E-state index in [9.17, 15) is 8.42 Å². The molecular weight excluding hydrogens is 565 g/mol. The Labute approximate surface area is 253 Å². The fourth-order valence-corrected chi connectivity index (χ4v) is 9.69. The van der Waals surface area contributed by atoms with Crippen LogP contribution in [0.5, 0.6) is 5.75 Å². The highest BCUT2D eigenvalue weighted by atomic mass is 32.3. The lowest BCUT2D eigenvalue weighted by Gasteiger charge is -2.40. The van der Waals surface area contributed by atoms with Gasteiger partial charge < -0.3 is 14.5 Å². The second kappa shape index (κ2) is 12.4. The van der Waals surface area contributed by atoms with E-state index in [1.807, 2.05) is 151 Å². The fourth-order valence-electron chi connectivity index (χ4n) is 4.52. The molecule has 0 atom stereocenters. The smallest absolute Gasteiger partial charge is 0.307 e. The van der Waals surface area contributed by atoms with E-state index in [0.717, 1.165) is 38.0 Å². The Bertz CT molecular complexity index is 1520. The number of aryl methyl sites for hydroxylation is 1. The summed E-state index contributed by atoms with van der Waals surface area (Å²) in [6, 6.07) is 30.4. The average molecular weight is 607 g/mol. The van der Waals surface area contributed by atoms with E-state index in [-0.39, 0.29) is 10.5 Å². The number of hydrogen-bond acceptors (Lipinski definition) is 6. The number of hydrogen-bond donors (Lipinski definition) is 0. The van der Waals surface area contributed by atoms with Crippen molar-refractivity contribution in [1.29, 1.82) is 0 Å². The van der Waals surface area contributed by atoms with Crippen molar-refractivity contribution in [3.8, 4) is 5.75 Å². The molecule has 0 fully saturated rings. The lowest BCUT2D eigenvalue weighted by molar-refractivity contribution is 0.131. The summed E-state index contributed by atoms with van der Waals surface area (Å²) in [6.07, 6.45) is 0.815. The largest absolute Gasteiger partial charge is 0.488 e. The highest BCUT2D eigenvalue weighted by Gasteiger charge is 2.38. The summed E-state index contributed by atoms with van der Waals surface area (Å²) < 4.78 is 40.9. The lowest BCUT2D eigenvalue weighted by atomic mass is 10.2. The first-order chi connectivity index (χ1) is 19.7. The monoisotopic (exact) mass is 606 g/mol. The molecule has 4 aromatic carbocycles. The average Bonchev–Trinajstić information content (AvgIpc) is 2.95. The Hall–Kier alpha value is -3.46. The summed E-state index contributed by atoms with van der Waals surface area (Å²) in [7, 11) is 0.930. The molecule has 0 aliphatic rings. The zero-order chi connectivity index (χ0) is 30.7. The van der Waals surface area contributed by atoms with Gasteiger partial charge in [0.05, 0.1) is 4.90 Å². The van der Waals surface area contributed by atoms with Gasteiger partial charge in [0, 0.05) is 54.3 Å². The van der Waals surface area contributed by atoms with Crippen molar-refractivity contribution in [3.63, 3.8) is 0 Å². The molecule has 0 bridgehead atoms. The predicted octanol–water partition coefficient (Wildman–Crippen LogP) is 8.16. The highest BCUT2D eigenvalue weighted by Crippen LogP contribution is 2.70. The van der Waals surface area contributed by atoms with Crippen molar-refractivity contribution in [2.24, 2.45) is 0 Å². The standard InChI is InChI=1S/C34H42N2O4S2/c1-9-26-10-18-33(19-11-26)42(37,38)40-41(30-20-12-27(13-21-30)35(5)6,31-22-14-28(15-23-31)36(7)8)32-24-16-29(17-25-32)39-34(2,3)4/h10-25H,9H2,1-8H3. The van der Waals surface area contributed by atoms with Gasteiger partial charge in [0.2, 0.25) is 0 Å². The van der Waals surface area contributed by atoms with Gasteiger partial charge in [0.15, 0.2) is 0 Å². The molecule has 0 spiro atoms. The molecule has 0 aliphatic heterocycles. The van der Waals surface area contributed by atoms with Crippen molar-refractivity contribution in [3.05, 3.63) is 103 Å². The Balaban J connectivity index is 1.99. The van der Waals surface area contributed by atoms with Crippen LogP contribution in [0.1, 0.15) is 33.3 Å². The van der Waals surface area contributed by atoms with Gasteiger partial charge in [0.25, 0.3) is 0 Å². The fraction of sp³-hybridized carbons (Fsp3) is 0.294. The van der Waals surface area contributed by atoms with Crippen LogP contribution in [0.2, 0.25) is 0 Å². The van der Waals surface area contributed by atoms with Gasteiger partial charge in [-0.25, -0.2) is 3.63 Å². The molecule has 0 aliphatic carbocycles. The van der Waals surface area contributed by atoms with Crippen LogP contribution in [0.3, 0.4) is 0 Å². The van der Waals surface area contributed by atoms with Gasteiger partial charge >= 0.3 is 10.1 Å². The maximum absolute atomic E-state index is 14.1. The summed E-state index contributed by atoms with van der Waals surface area (Å²) in [5.41, 5.74) is 2.68. The van der Waals surface area contributed by atoms with Crippen LogP contribution >= 0.6 is 10.3 Å². The van der Waals surface area contributed by atoms with Crippen molar-refractivity contribution in [2.45, 2.75) is 59.3 Å². The molecule has 0 heterocycles. The molecule has 0 amide bonds. The molecule has 224 valence electrons. The molecule has 0 radical (unpaired) electrons. The van der Waals surface area contributed by atoms with Crippen molar-refractivity contribution < 1.29 is 16.8 Å². The number of anilines is 2. The molecule has 0 saturated carbocycles. The first-order valence-electron chi connectivity index (χ1n) is 14.0. The Morgan fingerprint density at radius 2 is 0.976 bits per heavy atom. The van der Waals surface area contributed by atoms with Gasteiger partial charge in [0.1, 0.15) is 11.4 Å². The minimum Gasteiger partial charge on any atom is -0.488 e. The third kappa shape index (κ3) is 6.94. The van der Waals surface area contributed by atoms with Crippen LogP contribution in [-0.4, -0.2) is 42.2 Å². The summed E-state index contributed by atoms with van der Waals surface area (Å²) in [5.74, 6) is 0.698. The second-order valence-electron chi connectivity index (χ2n) is 11.5. The zero-order valence-electron chi connectivity index (χ0n) is 25.8. The van der Waals surface area contributed by atoms with E-state index in [1.54, 1.807) is 12.1 Å². The van der Waals surface area contributed by atoms with Crippen molar-refractivity contribution >= 4 is 31.8 Å². The third-order valence-corrected chi connectivity index (χ3v) is 12.0. The molecule has 4 aromatic rings. The van der Waals surface area contributed by atoms with Crippen LogP contribution < -0.4 is 14.5 Å². The number of ether oxygens (including phenoxy) is 1. The van der Waals surface area contributed by atoms with E-state index in [1.165, 1.54) is 0 Å². The Kier molecular flexibility index (Phi) is 9.30.